The molecule has 0 saturated heterocycles. The molecule has 10 heteroatoms. The van der Waals surface area contributed by atoms with E-state index in [0.29, 0.717) is 28.5 Å². The second kappa shape index (κ2) is 12.7. The van der Waals surface area contributed by atoms with Crippen molar-refractivity contribution in [1.29, 1.82) is 0 Å². The Balaban J connectivity index is 1.60. The minimum absolute atomic E-state index is 0.159. The van der Waals surface area contributed by atoms with E-state index in [4.69, 9.17) is 32.7 Å². The number of aryl methyl sites for hydroxylation is 1. The second-order valence-corrected chi connectivity index (χ2v) is 8.29. The quantitative estimate of drug-likeness (QED) is 0.180. The van der Waals surface area contributed by atoms with Crippen molar-refractivity contribution in [2.75, 3.05) is 13.2 Å². The van der Waals surface area contributed by atoms with Gasteiger partial charge in [0.05, 0.1) is 30.0 Å². The standard InChI is InChI=1S/C26H23Cl2N3O5/c1-3-35-23-12-17(8-11-22(23)36-26(34)20-10-9-18(27)13-21(20)28)14-30-31-24(32)15-29-25(33)19-7-5-4-6-16(19)2/h4-14H,3,15H2,1-2H3,(H,29,33)(H,31,32)/b30-14+. The molecule has 0 aliphatic carbocycles. The van der Waals surface area contributed by atoms with Gasteiger partial charge in [0.1, 0.15) is 0 Å². The molecular formula is C26H23Cl2N3O5. The highest BCUT2D eigenvalue weighted by atomic mass is 35.5. The monoisotopic (exact) mass is 527 g/mol. The Morgan fingerprint density at radius 3 is 2.47 bits per heavy atom. The molecule has 0 atom stereocenters. The largest absolute Gasteiger partial charge is 0.490 e. The minimum atomic E-state index is -0.668. The number of esters is 1. The van der Waals surface area contributed by atoms with Gasteiger partial charge >= 0.3 is 5.97 Å². The van der Waals surface area contributed by atoms with Crippen molar-refractivity contribution in [1.82, 2.24) is 10.7 Å². The van der Waals surface area contributed by atoms with Gasteiger partial charge in [0.15, 0.2) is 11.5 Å². The molecule has 0 saturated carbocycles. The number of carbonyl (C=O) groups excluding carboxylic acids is 3. The molecule has 36 heavy (non-hydrogen) atoms. The summed E-state index contributed by atoms with van der Waals surface area (Å²) >= 11 is 12.0. The van der Waals surface area contributed by atoms with Crippen molar-refractivity contribution in [2.24, 2.45) is 5.10 Å². The number of halogens is 2. The SMILES string of the molecule is CCOc1cc(/C=N/NC(=O)CNC(=O)c2ccccc2C)ccc1OC(=O)c1ccc(Cl)cc1Cl. The molecule has 186 valence electrons. The van der Waals surface area contributed by atoms with E-state index in [-0.39, 0.29) is 28.8 Å². The van der Waals surface area contributed by atoms with Crippen LogP contribution in [0.4, 0.5) is 0 Å². The highest BCUT2D eigenvalue weighted by molar-refractivity contribution is 6.36. The number of hydrogen-bond acceptors (Lipinski definition) is 6. The zero-order valence-electron chi connectivity index (χ0n) is 19.5. The molecular weight excluding hydrogens is 505 g/mol. The second-order valence-electron chi connectivity index (χ2n) is 7.44. The predicted octanol–water partition coefficient (Wildman–Crippen LogP) is 4.80. The first kappa shape index (κ1) is 26.7. The number of benzene rings is 3. The van der Waals surface area contributed by atoms with E-state index in [0.717, 1.165) is 5.56 Å². The van der Waals surface area contributed by atoms with Crippen LogP contribution < -0.4 is 20.2 Å². The average molecular weight is 528 g/mol. The van der Waals surface area contributed by atoms with Gasteiger partial charge in [-0.05, 0) is 67.4 Å². The van der Waals surface area contributed by atoms with Crippen LogP contribution in [0, 0.1) is 6.92 Å². The molecule has 0 aliphatic heterocycles. The van der Waals surface area contributed by atoms with E-state index in [1.165, 1.54) is 30.5 Å². The van der Waals surface area contributed by atoms with Gasteiger partial charge in [-0.1, -0.05) is 41.4 Å². The average Bonchev–Trinajstić information content (AvgIpc) is 2.84. The molecule has 2 amide bonds. The number of hydrazone groups is 1. The Kier molecular flexibility index (Phi) is 9.44. The summed E-state index contributed by atoms with van der Waals surface area (Å²) in [5.41, 5.74) is 4.39. The summed E-state index contributed by atoms with van der Waals surface area (Å²) in [6.07, 6.45) is 1.39. The molecule has 2 N–H and O–H groups in total. The van der Waals surface area contributed by atoms with Crippen LogP contribution in [0.2, 0.25) is 10.0 Å². The molecule has 3 rings (SSSR count). The number of amides is 2. The van der Waals surface area contributed by atoms with E-state index < -0.39 is 11.9 Å². The normalized spacial score (nSPS) is 10.7. The lowest BCUT2D eigenvalue weighted by Gasteiger charge is -2.12. The highest BCUT2D eigenvalue weighted by Crippen LogP contribution is 2.30. The van der Waals surface area contributed by atoms with Crippen LogP contribution in [-0.2, 0) is 4.79 Å². The van der Waals surface area contributed by atoms with Crippen LogP contribution in [0.5, 0.6) is 11.5 Å². The first-order valence-electron chi connectivity index (χ1n) is 10.9. The summed E-state index contributed by atoms with van der Waals surface area (Å²) in [4.78, 5) is 36.8. The summed E-state index contributed by atoms with van der Waals surface area (Å²) in [6.45, 7) is 3.68. The van der Waals surface area contributed by atoms with Crippen LogP contribution >= 0.6 is 23.2 Å². The highest BCUT2D eigenvalue weighted by Gasteiger charge is 2.16. The van der Waals surface area contributed by atoms with Crippen LogP contribution in [-0.4, -0.2) is 37.1 Å². The molecule has 3 aromatic carbocycles. The Morgan fingerprint density at radius 2 is 1.75 bits per heavy atom. The summed E-state index contributed by atoms with van der Waals surface area (Å²) in [6, 6.07) is 16.3. The van der Waals surface area contributed by atoms with Gasteiger partial charge in [-0.2, -0.15) is 5.10 Å². The summed E-state index contributed by atoms with van der Waals surface area (Å²) < 4.78 is 11.0. The number of rotatable bonds is 9. The first-order valence-corrected chi connectivity index (χ1v) is 11.6. The van der Waals surface area contributed by atoms with Crippen molar-refractivity contribution < 1.29 is 23.9 Å². The van der Waals surface area contributed by atoms with Crippen molar-refractivity contribution in [3.63, 3.8) is 0 Å². The number of nitrogens with one attached hydrogen (secondary N) is 2. The fourth-order valence-corrected chi connectivity index (χ4v) is 3.55. The van der Waals surface area contributed by atoms with Gasteiger partial charge in [0.25, 0.3) is 11.8 Å². The maximum Gasteiger partial charge on any atom is 0.345 e. The van der Waals surface area contributed by atoms with Gasteiger partial charge in [-0.3, -0.25) is 9.59 Å². The van der Waals surface area contributed by atoms with Crippen LogP contribution in [0.3, 0.4) is 0 Å². The Hall–Kier alpha value is -3.88. The lowest BCUT2D eigenvalue weighted by atomic mass is 10.1. The van der Waals surface area contributed by atoms with Crippen molar-refractivity contribution in [2.45, 2.75) is 13.8 Å². The molecule has 0 bridgehead atoms. The van der Waals surface area contributed by atoms with Crippen molar-refractivity contribution in [3.8, 4) is 11.5 Å². The third-order valence-corrected chi connectivity index (χ3v) is 5.37. The minimum Gasteiger partial charge on any atom is -0.490 e. The molecule has 0 heterocycles. The van der Waals surface area contributed by atoms with Gasteiger partial charge in [-0.15, -0.1) is 0 Å². The maximum atomic E-state index is 12.5. The van der Waals surface area contributed by atoms with Crippen molar-refractivity contribution in [3.05, 3.63) is 93.0 Å². The lowest BCUT2D eigenvalue weighted by Crippen LogP contribution is -2.35. The zero-order chi connectivity index (χ0) is 26.1. The fourth-order valence-electron chi connectivity index (χ4n) is 3.07. The topological polar surface area (TPSA) is 106 Å². The number of nitrogens with zero attached hydrogens (tertiary/aromatic N) is 1. The molecule has 0 spiro atoms. The Bertz CT molecular complexity index is 1310. The zero-order valence-corrected chi connectivity index (χ0v) is 21.0. The molecule has 0 fully saturated rings. The Labute approximate surface area is 218 Å². The number of carbonyl (C=O) groups is 3. The van der Waals surface area contributed by atoms with Crippen LogP contribution in [0.25, 0.3) is 0 Å². The van der Waals surface area contributed by atoms with E-state index in [2.05, 4.69) is 15.8 Å². The first-order chi connectivity index (χ1) is 17.3. The summed E-state index contributed by atoms with van der Waals surface area (Å²) in [7, 11) is 0. The lowest BCUT2D eigenvalue weighted by molar-refractivity contribution is -0.120. The van der Waals surface area contributed by atoms with Crippen molar-refractivity contribution >= 4 is 47.2 Å². The predicted molar refractivity (Wildman–Crippen MR) is 138 cm³/mol. The maximum absolute atomic E-state index is 12.5. The third kappa shape index (κ3) is 7.31. The number of hydrogen-bond donors (Lipinski definition) is 2. The molecule has 0 aromatic heterocycles. The number of ether oxygens (including phenoxy) is 2. The third-order valence-electron chi connectivity index (χ3n) is 4.82. The van der Waals surface area contributed by atoms with Gasteiger partial charge < -0.3 is 14.8 Å². The molecule has 0 aliphatic rings. The van der Waals surface area contributed by atoms with Gasteiger partial charge in [0, 0.05) is 10.6 Å². The molecule has 0 unspecified atom stereocenters. The summed E-state index contributed by atoms with van der Waals surface area (Å²) in [5, 5.41) is 7.02. The van der Waals surface area contributed by atoms with Crippen LogP contribution in [0.1, 0.15) is 38.8 Å². The van der Waals surface area contributed by atoms with Crippen LogP contribution in [0.15, 0.2) is 65.8 Å². The smallest absolute Gasteiger partial charge is 0.345 e. The Morgan fingerprint density at radius 1 is 0.972 bits per heavy atom. The van der Waals surface area contributed by atoms with E-state index in [1.807, 2.05) is 19.1 Å². The van der Waals surface area contributed by atoms with Gasteiger partial charge in [0.2, 0.25) is 0 Å². The van der Waals surface area contributed by atoms with E-state index in [9.17, 15) is 14.4 Å². The molecule has 3 aromatic rings. The summed E-state index contributed by atoms with van der Waals surface area (Å²) in [5.74, 6) is -1.02. The molecule has 0 radical (unpaired) electrons. The molecule has 8 nitrogen and oxygen atoms in total. The fraction of sp³-hybridized carbons (Fsp3) is 0.154. The van der Waals surface area contributed by atoms with E-state index >= 15 is 0 Å². The van der Waals surface area contributed by atoms with Gasteiger partial charge in [-0.25, -0.2) is 10.2 Å². The van der Waals surface area contributed by atoms with E-state index in [1.54, 1.807) is 31.2 Å².